The molecule has 1 unspecified atom stereocenters. The maximum Gasteiger partial charge on any atom is 0.266 e. The highest BCUT2D eigenvalue weighted by molar-refractivity contribution is 6.31. The Kier molecular flexibility index (Phi) is 8.69. The summed E-state index contributed by atoms with van der Waals surface area (Å²) < 4.78 is 12.1. The number of rotatable bonds is 10. The highest BCUT2D eigenvalue weighted by atomic mass is 35.5. The first-order valence-corrected chi connectivity index (χ1v) is 13.0. The third-order valence-corrected chi connectivity index (χ3v) is 6.85. The predicted molar refractivity (Wildman–Crippen MR) is 151 cm³/mol. The fourth-order valence-corrected chi connectivity index (χ4v) is 4.63. The Morgan fingerprint density at radius 1 is 1.00 bits per heavy atom. The zero-order valence-corrected chi connectivity index (χ0v) is 22.9. The van der Waals surface area contributed by atoms with Gasteiger partial charge in [0.2, 0.25) is 5.91 Å². The van der Waals surface area contributed by atoms with E-state index in [4.69, 9.17) is 26.1 Å². The van der Waals surface area contributed by atoms with Crippen LogP contribution < -0.4 is 15.0 Å². The van der Waals surface area contributed by atoms with Gasteiger partial charge in [0.25, 0.3) is 5.56 Å². The van der Waals surface area contributed by atoms with Crippen LogP contribution in [0, 0.1) is 0 Å². The molecule has 3 aromatic carbocycles. The maximum atomic E-state index is 13.8. The summed E-state index contributed by atoms with van der Waals surface area (Å²) in [5.74, 6) is 1.84. The van der Waals surface area contributed by atoms with Crippen molar-refractivity contribution in [3.05, 3.63) is 93.5 Å². The molecule has 0 saturated heterocycles. The van der Waals surface area contributed by atoms with E-state index in [1.807, 2.05) is 48.2 Å². The van der Waals surface area contributed by atoms with Gasteiger partial charge in [0, 0.05) is 11.6 Å². The number of benzene rings is 3. The van der Waals surface area contributed by atoms with Crippen LogP contribution >= 0.6 is 11.6 Å². The first-order valence-electron chi connectivity index (χ1n) is 12.6. The molecular weight excluding hydrogens is 502 g/mol. The van der Waals surface area contributed by atoms with E-state index in [-0.39, 0.29) is 17.9 Å². The number of carbonyl (C=O) groups excluding carboxylic acids is 1. The third kappa shape index (κ3) is 5.83. The summed E-state index contributed by atoms with van der Waals surface area (Å²) in [6, 6.07) is 19.3. The fourth-order valence-electron chi connectivity index (χ4n) is 4.46. The summed E-state index contributed by atoms with van der Waals surface area (Å²) in [5.41, 5.74) is 1.79. The van der Waals surface area contributed by atoms with Crippen LogP contribution in [0.15, 0.2) is 71.5 Å². The number of ether oxygens (including phenoxy) is 2. The van der Waals surface area contributed by atoms with E-state index in [2.05, 4.69) is 6.92 Å². The van der Waals surface area contributed by atoms with Gasteiger partial charge in [-0.25, -0.2) is 4.98 Å². The molecule has 0 aliphatic heterocycles. The van der Waals surface area contributed by atoms with E-state index in [1.165, 1.54) is 0 Å². The van der Waals surface area contributed by atoms with Gasteiger partial charge in [-0.05, 0) is 73.5 Å². The van der Waals surface area contributed by atoms with Crippen LogP contribution in [0.1, 0.15) is 44.1 Å². The average Bonchev–Trinajstić information content (AvgIpc) is 2.93. The van der Waals surface area contributed by atoms with Gasteiger partial charge in [0.05, 0.1) is 43.3 Å². The molecule has 38 heavy (non-hydrogen) atoms. The molecule has 8 heteroatoms. The molecule has 7 nitrogen and oxygen atoms in total. The minimum absolute atomic E-state index is 0.0437. The van der Waals surface area contributed by atoms with Crippen LogP contribution in [-0.2, 0) is 11.2 Å². The van der Waals surface area contributed by atoms with Crippen molar-refractivity contribution >= 4 is 28.4 Å². The van der Waals surface area contributed by atoms with Crippen molar-refractivity contribution in [2.75, 3.05) is 20.8 Å². The number of methoxy groups -OCH3 is 2. The lowest BCUT2D eigenvalue weighted by Gasteiger charge is -2.31. The fraction of sp³-hybridized carbons (Fsp3) is 0.300. The first kappa shape index (κ1) is 27.2. The minimum Gasteiger partial charge on any atom is -0.497 e. The number of aromatic nitrogens is 2. The minimum atomic E-state index is -0.481. The molecule has 4 rings (SSSR count). The summed E-state index contributed by atoms with van der Waals surface area (Å²) in [4.78, 5) is 34.2. The van der Waals surface area contributed by atoms with Crippen molar-refractivity contribution in [3.8, 4) is 17.2 Å². The molecule has 0 aliphatic rings. The number of hydrogen-bond donors (Lipinski definition) is 0. The summed E-state index contributed by atoms with van der Waals surface area (Å²) >= 11 is 6.25. The van der Waals surface area contributed by atoms with Crippen molar-refractivity contribution in [1.29, 1.82) is 0 Å². The smallest absolute Gasteiger partial charge is 0.266 e. The second kappa shape index (κ2) is 12.1. The topological polar surface area (TPSA) is 73.7 Å². The van der Waals surface area contributed by atoms with Crippen LogP contribution in [0.25, 0.3) is 16.6 Å². The zero-order chi connectivity index (χ0) is 27.2. The molecule has 0 bridgehead atoms. The normalized spacial score (nSPS) is 11.8. The van der Waals surface area contributed by atoms with E-state index in [0.29, 0.717) is 39.7 Å². The van der Waals surface area contributed by atoms with Gasteiger partial charge in [-0.15, -0.1) is 0 Å². The second-order valence-corrected chi connectivity index (χ2v) is 9.55. The quantitative estimate of drug-likeness (QED) is 0.250. The molecule has 0 fully saturated rings. The molecule has 4 aromatic rings. The second-order valence-electron chi connectivity index (χ2n) is 9.11. The Bertz CT molecular complexity index is 1470. The van der Waals surface area contributed by atoms with Crippen LogP contribution in [0.2, 0.25) is 5.02 Å². The molecule has 1 amide bonds. The molecule has 1 aromatic heterocycles. The van der Waals surface area contributed by atoms with Crippen molar-refractivity contribution in [2.45, 2.75) is 39.2 Å². The number of hydrogen-bond acceptors (Lipinski definition) is 5. The van der Waals surface area contributed by atoms with E-state index in [0.717, 1.165) is 24.2 Å². The Morgan fingerprint density at radius 2 is 1.63 bits per heavy atom. The number of carbonyl (C=O) groups is 1. The first-order chi connectivity index (χ1) is 18.4. The van der Waals surface area contributed by atoms with Gasteiger partial charge >= 0.3 is 0 Å². The molecule has 0 N–H and O–H groups in total. The van der Waals surface area contributed by atoms with Crippen LogP contribution in [0.3, 0.4) is 0 Å². The number of amides is 1. The number of nitrogens with zero attached hydrogens (tertiary/aromatic N) is 3. The Labute approximate surface area is 227 Å². The largest absolute Gasteiger partial charge is 0.497 e. The lowest BCUT2D eigenvalue weighted by atomic mass is 10.1. The lowest BCUT2D eigenvalue weighted by molar-refractivity contribution is -0.132. The van der Waals surface area contributed by atoms with Crippen molar-refractivity contribution in [1.82, 2.24) is 14.5 Å². The van der Waals surface area contributed by atoms with Crippen molar-refractivity contribution in [2.24, 2.45) is 0 Å². The number of fused-ring (bicyclic) bond motifs is 1. The van der Waals surface area contributed by atoms with E-state index >= 15 is 0 Å². The van der Waals surface area contributed by atoms with Gasteiger partial charge in [-0.3, -0.25) is 14.2 Å². The van der Waals surface area contributed by atoms with Gasteiger partial charge in [0.15, 0.2) is 0 Å². The van der Waals surface area contributed by atoms with Gasteiger partial charge in [-0.2, -0.15) is 0 Å². The third-order valence-electron chi connectivity index (χ3n) is 6.62. The average molecular weight is 534 g/mol. The van der Waals surface area contributed by atoms with Crippen LogP contribution in [0.4, 0.5) is 0 Å². The Hall–Kier alpha value is -3.84. The monoisotopic (exact) mass is 533 g/mol. The summed E-state index contributed by atoms with van der Waals surface area (Å²) in [6.45, 7) is 4.54. The standard InChI is InChI=1S/C30H32ClN3O4/c1-5-6-17-33(28(35)18-21-7-12-24(37-3)13-8-21)20(2)29-32-27-19-22(31)9-16-26(27)30(36)34(29)23-10-14-25(38-4)15-11-23/h7-16,19-20H,5-6,17-18H2,1-4H3. The molecule has 198 valence electrons. The van der Waals surface area contributed by atoms with E-state index in [1.54, 1.807) is 49.1 Å². The van der Waals surface area contributed by atoms with Gasteiger partial charge < -0.3 is 14.4 Å². The molecule has 1 heterocycles. The van der Waals surface area contributed by atoms with Crippen molar-refractivity contribution < 1.29 is 14.3 Å². The van der Waals surface area contributed by atoms with Gasteiger partial charge in [0.1, 0.15) is 17.3 Å². The van der Waals surface area contributed by atoms with Crippen LogP contribution in [0.5, 0.6) is 11.5 Å². The predicted octanol–water partition coefficient (Wildman–Crippen LogP) is 5.99. The summed E-state index contributed by atoms with van der Waals surface area (Å²) in [5, 5.41) is 0.939. The number of unbranched alkanes of at least 4 members (excludes halogenated alkanes) is 1. The van der Waals surface area contributed by atoms with Crippen molar-refractivity contribution in [3.63, 3.8) is 0 Å². The lowest BCUT2D eigenvalue weighted by Crippen LogP contribution is -2.39. The van der Waals surface area contributed by atoms with Crippen LogP contribution in [-0.4, -0.2) is 41.1 Å². The molecule has 0 spiro atoms. The molecule has 1 atom stereocenters. The Morgan fingerprint density at radius 3 is 2.24 bits per heavy atom. The van der Waals surface area contributed by atoms with E-state index in [9.17, 15) is 9.59 Å². The summed E-state index contributed by atoms with van der Waals surface area (Å²) in [7, 11) is 3.20. The molecule has 0 aliphatic carbocycles. The highest BCUT2D eigenvalue weighted by Gasteiger charge is 2.27. The van der Waals surface area contributed by atoms with E-state index < -0.39 is 6.04 Å². The SMILES string of the molecule is CCCCN(C(=O)Cc1ccc(OC)cc1)C(C)c1nc2cc(Cl)ccc2c(=O)n1-c1ccc(OC)cc1. The Balaban J connectivity index is 1.81. The molecule has 0 saturated carbocycles. The van der Waals surface area contributed by atoms with Gasteiger partial charge in [-0.1, -0.05) is 37.1 Å². The zero-order valence-electron chi connectivity index (χ0n) is 22.1. The highest BCUT2D eigenvalue weighted by Crippen LogP contribution is 2.26. The molecular formula is C30H32ClN3O4. The molecule has 0 radical (unpaired) electrons. The number of halogens is 1. The summed E-state index contributed by atoms with van der Waals surface area (Å²) in [6.07, 6.45) is 1.97. The maximum absolute atomic E-state index is 13.8.